The smallest absolute Gasteiger partial charge is 0.0646 e. The van der Waals surface area contributed by atoms with E-state index in [1.165, 1.54) is 10.9 Å². The predicted octanol–water partition coefficient (Wildman–Crippen LogP) is 4.28. The first-order chi connectivity index (χ1) is 7.86. The van der Waals surface area contributed by atoms with Crippen LogP contribution in [0.4, 0.5) is 0 Å². The summed E-state index contributed by atoms with van der Waals surface area (Å²) in [6.45, 7) is 0. The molecule has 1 heterocycles. The van der Waals surface area contributed by atoms with E-state index in [4.69, 9.17) is 11.6 Å². The molecule has 3 aromatic rings. The Bertz CT molecular complexity index is 640. The van der Waals surface area contributed by atoms with Crippen molar-refractivity contribution in [1.29, 1.82) is 0 Å². The van der Waals surface area contributed by atoms with E-state index in [1.54, 1.807) is 0 Å². The van der Waals surface area contributed by atoms with Gasteiger partial charge in [0.1, 0.15) is 0 Å². The Morgan fingerprint density at radius 1 is 0.812 bits per heavy atom. The predicted molar refractivity (Wildman–Crippen MR) is 68.3 cm³/mol. The summed E-state index contributed by atoms with van der Waals surface area (Å²) in [6.07, 6.45) is 2.05. The molecular formula is C14H10ClN. The highest BCUT2D eigenvalue weighted by Gasteiger charge is 2.04. The molecule has 0 spiro atoms. The fourth-order valence-electron chi connectivity index (χ4n) is 1.94. The Labute approximate surface area is 98.9 Å². The van der Waals surface area contributed by atoms with E-state index in [0.717, 1.165) is 10.7 Å². The lowest BCUT2D eigenvalue weighted by Crippen LogP contribution is -1.91. The van der Waals surface area contributed by atoms with Crippen molar-refractivity contribution in [1.82, 2.24) is 4.57 Å². The van der Waals surface area contributed by atoms with E-state index < -0.39 is 0 Å². The summed E-state index contributed by atoms with van der Waals surface area (Å²) < 4.78 is 2.11. The number of aromatic nitrogens is 1. The zero-order valence-corrected chi connectivity index (χ0v) is 9.35. The van der Waals surface area contributed by atoms with Gasteiger partial charge in [0.15, 0.2) is 0 Å². The van der Waals surface area contributed by atoms with Gasteiger partial charge in [-0.15, -0.1) is 0 Å². The van der Waals surface area contributed by atoms with Crippen molar-refractivity contribution in [2.75, 3.05) is 0 Å². The number of hydrogen-bond acceptors (Lipinski definition) is 0. The van der Waals surface area contributed by atoms with Crippen molar-refractivity contribution < 1.29 is 0 Å². The van der Waals surface area contributed by atoms with Crippen LogP contribution in [0.2, 0.25) is 5.02 Å². The molecule has 0 amide bonds. The van der Waals surface area contributed by atoms with Gasteiger partial charge in [0.2, 0.25) is 0 Å². The molecule has 0 fully saturated rings. The van der Waals surface area contributed by atoms with Crippen LogP contribution in [0.3, 0.4) is 0 Å². The first-order valence-electron chi connectivity index (χ1n) is 5.17. The van der Waals surface area contributed by atoms with E-state index in [9.17, 15) is 0 Å². The lowest BCUT2D eigenvalue weighted by molar-refractivity contribution is 1.13. The molecule has 0 aliphatic carbocycles. The highest BCUT2D eigenvalue weighted by atomic mass is 35.5. The Kier molecular flexibility index (Phi) is 2.19. The van der Waals surface area contributed by atoms with Crippen LogP contribution in [0.25, 0.3) is 16.6 Å². The third-order valence-corrected chi connectivity index (χ3v) is 3.03. The minimum absolute atomic E-state index is 0.767. The van der Waals surface area contributed by atoms with Gasteiger partial charge in [-0.05, 0) is 29.7 Å². The van der Waals surface area contributed by atoms with Gasteiger partial charge >= 0.3 is 0 Å². The van der Waals surface area contributed by atoms with Crippen LogP contribution in [-0.4, -0.2) is 4.57 Å². The van der Waals surface area contributed by atoms with Gasteiger partial charge in [0, 0.05) is 6.20 Å². The van der Waals surface area contributed by atoms with Crippen LogP contribution in [0.15, 0.2) is 60.8 Å². The molecule has 2 aromatic carbocycles. The first-order valence-corrected chi connectivity index (χ1v) is 5.55. The highest BCUT2D eigenvalue weighted by Crippen LogP contribution is 2.25. The number of para-hydroxylation sites is 2. The van der Waals surface area contributed by atoms with Crippen LogP contribution in [0, 0.1) is 0 Å². The molecule has 0 bridgehead atoms. The van der Waals surface area contributed by atoms with E-state index >= 15 is 0 Å². The fraction of sp³-hybridized carbons (Fsp3) is 0. The molecule has 0 aliphatic rings. The second-order valence-electron chi connectivity index (χ2n) is 3.70. The quantitative estimate of drug-likeness (QED) is 0.585. The number of nitrogens with zero attached hydrogens (tertiary/aromatic N) is 1. The molecule has 0 aliphatic heterocycles. The average molecular weight is 228 g/mol. The van der Waals surface area contributed by atoms with E-state index in [-0.39, 0.29) is 0 Å². The van der Waals surface area contributed by atoms with Gasteiger partial charge in [-0.3, -0.25) is 0 Å². The van der Waals surface area contributed by atoms with Crippen LogP contribution in [0.5, 0.6) is 0 Å². The number of hydrogen-bond donors (Lipinski definition) is 0. The molecule has 1 nitrogen and oxygen atoms in total. The number of halogens is 1. The molecule has 0 saturated carbocycles. The summed E-state index contributed by atoms with van der Waals surface area (Å²) >= 11 is 6.20. The van der Waals surface area contributed by atoms with E-state index in [0.29, 0.717) is 0 Å². The van der Waals surface area contributed by atoms with Crippen LogP contribution < -0.4 is 0 Å². The van der Waals surface area contributed by atoms with Crippen molar-refractivity contribution in [3.8, 4) is 5.69 Å². The molecule has 0 radical (unpaired) electrons. The summed E-state index contributed by atoms with van der Waals surface area (Å²) in [7, 11) is 0. The number of benzene rings is 2. The maximum atomic E-state index is 6.20. The maximum Gasteiger partial charge on any atom is 0.0646 e. The monoisotopic (exact) mass is 227 g/mol. The SMILES string of the molecule is Clc1ccccc1-n1ccc2ccccc21. The van der Waals surface area contributed by atoms with Crippen molar-refractivity contribution in [2.45, 2.75) is 0 Å². The summed E-state index contributed by atoms with van der Waals surface area (Å²) in [5.74, 6) is 0. The van der Waals surface area contributed by atoms with Gasteiger partial charge in [0.05, 0.1) is 16.2 Å². The Balaban J connectivity index is 2.31. The Hall–Kier alpha value is -1.73. The Morgan fingerprint density at radius 3 is 2.44 bits per heavy atom. The van der Waals surface area contributed by atoms with Crippen LogP contribution in [0.1, 0.15) is 0 Å². The van der Waals surface area contributed by atoms with Crippen molar-refractivity contribution in [3.05, 3.63) is 65.8 Å². The van der Waals surface area contributed by atoms with Crippen LogP contribution >= 0.6 is 11.6 Å². The third kappa shape index (κ3) is 1.41. The largest absolute Gasteiger partial charge is 0.315 e. The third-order valence-electron chi connectivity index (χ3n) is 2.71. The van der Waals surface area contributed by atoms with Gasteiger partial charge in [-0.25, -0.2) is 0 Å². The lowest BCUT2D eigenvalue weighted by Gasteiger charge is -2.07. The standard InChI is InChI=1S/C14H10ClN/c15-12-6-2-4-8-14(12)16-10-9-11-5-1-3-7-13(11)16/h1-10H. The van der Waals surface area contributed by atoms with E-state index in [1.807, 2.05) is 42.6 Å². The van der Waals surface area contributed by atoms with Crippen molar-refractivity contribution in [2.24, 2.45) is 0 Å². The minimum atomic E-state index is 0.767. The molecular weight excluding hydrogens is 218 g/mol. The zero-order chi connectivity index (χ0) is 11.0. The molecule has 0 unspecified atom stereocenters. The molecule has 2 heteroatoms. The summed E-state index contributed by atoms with van der Waals surface area (Å²) in [6, 6.07) is 18.2. The molecule has 16 heavy (non-hydrogen) atoms. The molecule has 3 rings (SSSR count). The van der Waals surface area contributed by atoms with E-state index in [2.05, 4.69) is 22.8 Å². The first kappa shape index (κ1) is 9.49. The molecule has 0 saturated heterocycles. The summed E-state index contributed by atoms with van der Waals surface area (Å²) in [5.41, 5.74) is 2.20. The highest BCUT2D eigenvalue weighted by molar-refractivity contribution is 6.32. The average Bonchev–Trinajstić information content (AvgIpc) is 2.74. The topological polar surface area (TPSA) is 4.93 Å². The molecule has 1 aromatic heterocycles. The second kappa shape index (κ2) is 3.69. The van der Waals surface area contributed by atoms with Gasteiger partial charge in [-0.1, -0.05) is 41.9 Å². The van der Waals surface area contributed by atoms with Gasteiger partial charge in [-0.2, -0.15) is 0 Å². The summed E-state index contributed by atoms with van der Waals surface area (Å²) in [4.78, 5) is 0. The number of rotatable bonds is 1. The molecule has 0 atom stereocenters. The van der Waals surface area contributed by atoms with Crippen molar-refractivity contribution >= 4 is 22.5 Å². The Morgan fingerprint density at radius 2 is 1.56 bits per heavy atom. The van der Waals surface area contributed by atoms with Crippen LogP contribution in [-0.2, 0) is 0 Å². The lowest BCUT2D eigenvalue weighted by atomic mass is 10.2. The molecule has 78 valence electrons. The summed E-state index contributed by atoms with van der Waals surface area (Å²) in [5, 5.41) is 1.99. The minimum Gasteiger partial charge on any atom is -0.315 e. The normalized spacial score (nSPS) is 10.8. The van der Waals surface area contributed by atoms with Gasteiger partial charge in [0.25, 0.3) is 0 Å². The molecule has 0 N–H and O–H groups in total. The zero-order valence-electron chi connectivity index (χ0n) is 8.60. The fourth-order valence-corrected chi connectivity index (χ4v) is 2.17. The second-order valence-corrected chi connectivity index (χ2v) is 4.10. The number of fused-ring (bicyclic) bond motifs is 1. The van der Waals surface area contributed by atoms with Crippen molar-refractivity contribution in [3.63, 3.8) is 0 Å². The maximum absolute atomic E-state index is 6.20. The van der Waals surface area contributed by atoms with Gasteiger partial charge < -0.3 is 4.57 Å².